The number of hydrogen-bond donors (Lipinski definition) is 0. The van der Waals surface area contributed by atoms with Crippen molar-refractivity contribution in [1.29, 1.82) is 0 Å². The van der Waals surface area contributed by atoms with Gasteiger partial charge in [0.2, 0.25) is 0 Å². The van der Waals surface area contributed by atoms with E-state index in [0.29, 0.717) is 17.5 Å². The van der Waals surface area contributed by atoms with E-state index in [0.717, 1.165) is 22.3 Å². The summed E-state index contributed by atoms with van der Waals surface area (Å²) in [5, 5.41) is 0. The molecule has 0 amide bonds. The van der Waals surface area contributed by atoms with Crippen LogP contribution in [0.5, 0.6) is 5.75 Å². The van der Waals surface area contributed by atoms with Gasteiger partial charge in [0.15, 0.2) is 0 Å². The maximum absolute atomic E-state index is 13.0. The van der Waals surface area contributed by atoms with Crippen LogP contribution in [0, 0.1) is 37.5 Å². The van der Waals surface area contributed by atoms with Crippen LogP contribution >= 0.6 is 0 Å². The lowest BCUT2D eigenvalue weighted by Crippen LogP contribution is -2.18. The summed E-state index contributed by atoms with van der Waals surface area (Å²) in [5.41, 5.74) is 5.16. The van der Waals surface area contributed by atoms with Crippen LogP contribution in [-0.4, -0.2) is 6.36 Å². The Balaban J connectivity index is 2.05. The van der Waals surface area contributed by atoms with Gasteiger partial charge in [-0.15, -0.1) is 13.2 Å². The number of alkyl halides is 3. The van der Waals surface area contributed by atoms with Crippen molar-refractivity contribution in [2.24, 2.45) is 0 Å². The van der Waals surface area contributed by atoms with Crippen LogP contribution in [0.1, 0.15) is 45.9 Å². The molecule has 156 valence electrons. The fourth-order valence-electron chi connectivity index (χ4n) is 2.89. The maximum atomic E-state index is 13.0. The standard InChI is InChI=1S/C27H21F3O/c1-4-23-17-25(16-14-22-11-7-20(3)8-12-22)26(31-27(28,29)30)18-24(23)15-13-21-9-5-19(2)6-10-21/h5-12,17-18H,4H2,1-3H3. The highest BCUT2D eigenvalue weighted by molar-refractivity contribution is 5.58. The lowest BCUT2D eigenvalue weighted by Gasteiger charge is -2.13. The van der Waals surface area contributed by atoms with Crippen LogP contribution in [0.4, 0.5) is 13.2 Å². The molecule has 0 fully saturated rings. The van der Waals surface area contributed by atoms with Gasteiger partial charge in [0.1, 0.15) is 5.75 Å². The minimum absolute atomic E-state index is 0.177. The molecular weight excluding hydrogens is 397 g/mol. The monoisotopic (exact) mass is 418 g/mol. The molecule has 0 saturated carbocycles. The highest BCUT2D eigenvalue weighted by Gasteiger charge is 2.32. The van der Waals surface area contributed by atoms with Gasteiger partial charge < -0.3 is 4.74 Å². The van der Waals surface area contributed by atoms with Gasteiger partial charge in [-0.2, -0.15) is 0 Å². The zero-order chi connectivity index (χ0) is 22.4. The van der Waals surface area contributed by atoms with Crippen LogP contribution in [0.2, 0.25) is 0 Å². The van der Waals surface area contributed by atoms with Gasteiger partial charge >= 0.3 is 6.36 Å². The molecule has 0 bridgehead atoms. The van der Waals surface area contributed by atoms with E-state index in [1.165, 1.54) is 6.07 Å². The lowest BCUT2D eigenvalue weighted by molar-refractivity contribution is -0.274. The molecular formula is C27H21F3O. The number of aryl methyl sites for hydroxylation is 3. The number of benzene rings is 3. The molecule has 0 aliphatic rings. The molecule has 0 heterocycles. The Labute approximate surface area is 180 Å². The van der Waals surface area contributed by atoms with E-state index in [1.54, 1.807) is 6.07 Å². The van der Waals surface area contributed by atoms with Gasteiger partial charge in [-0.25, -0.2) is 0 Å². The Morgan fingerprint density at radius 1 is 0.710 bits per heavy atom. The highest BCUT2D eigenvalue weighted by atomic mass is 19.4. The van der Waals surface area contributed by atoms with Gasteiger partial charge in [-0.1, -0.05) is 66.0 Å². The molecule has 31 heavy (non-hydrogen) atoms. The molecule has 0 atom stereocenters. The van der Waals surface area contributed by atoms with Gasteiger partial charge in [0, 0.05) is 16.7 Å². The largest absolute Gasteiger partial charge is 0.573 e. The first-order chi connectivity index (χ1) is 14.7. The molecule has 3 aromatic rings. The Kier molecular flexibility index (Phi) is 6.73. The molecule has 0 spiro atoms. The normalized spacial score (nSPS) is 10.5. The van der Waals surface area contributed by atoms with Gasteiger partial charge in [0.25, 0.3) is 0 Å². The zero-order valence-corrected chi connectivity index (χ0v) is 17.5. The molecule has 0 saturated heterocycles. The summed E-state index contributed by atoms with van der Waals surface area (Å²) in [7, 11) is 0. The topological polar surface area (TPSA) is 9.23 Å². The Bertz CT molecular complexity index is 1180. The first-order valence-electron chi connectivity index (χ1n) is 9.83. The SMILES string of the molecule is CCc1cc(C#Cc2ccc(C)cc2)c(OC(F)(F)F)cc1C#Cc1ccc(C)cc1. The first-order valence-corrected chi connectivity index (χ1v) is 9.83. The van der Waals surface area contributed by atoms with Crippen LogP contribution in [0.25, 0.3) is 0 Å². The maximum Gasteiger partial charge on any atom is 0.573 e. The van der Waals surface area contributed by atoms with Gasteiger partial charge in [0.05, 0.1) is 5.56 Å². The second-order valence-corrected chi connectivity index (χ2v) is 7.14. The van der Waals surface area contributed by atoms with E-state index in [1.807, 2.05) is 69.3 Å². The number of hydrogen-bond acceptors (Lipinski definition) is 1. The molecule has 0 aromatic heterocycles. The molecule has 1 nitrogen and oxygen atoms in total. The molecule has 0 aliphatic carbocycles. The predicted molar refractivity (Wildman–Crippen MR) is 117 cm³/mol. The summed E-state index contributed by atoms with van der Waals surface area (Å²) in [5.74, 6) is 11.4. The van der Waals surface area contributed by atoms with Crippen molar-refractivity contribution in [1.82, 2.24) is 0 Å². The van der Waals surface area contributed by atoms with Crippen molar-refractivity contribution in [2.45, 2.75) is 33.6 Å². The Hall–Kier alpha value is -3.63. The third kappa shape index (κ3) is 6.43. The third-order valence-corrected chi connectivity index (χ3v) is 4.60. The second kappa shape index (κ2) is 9.45. The highest BCUT2D eigenvalue weighted by Crippen LogP contribution is 2.29. The molecule has 4 heteroatoms. The van der Waals surface area contributed by atoms with Gasteiger partial charge in [-0.05, 0) is 62.2 Å². The molecule has 3 aromatic carbocycles. The number of ether oxygens (including phenoxy) is 1. The average molecular weight is 418 g/mol. The van der Waals surface area contributed by atoms with Crippen LogP contribution in [-0.2, 0) is 6.42 Å². The van der Waals surface area contributed by atoms with Crippen LogP contribution < -0.4 is 4.74 Å². The number of rotatable bonds is 2. The van der Waals surface area contributed by atoms with Crippen molar-refractivity contribution in [3.8, 4) is 29.4 Å². The quantitative estimate of drug-likeness (QED) is 0.428. The van der Waals surface area contributed by atoms with E-state index >= 15 is 0 Å². The molecule has 3 rings (SSSR count). The Morgan fingerprint density at radius 3 is 1.65 bits per heavy atom. The smallest absolute Gasteiger partial charge is 0.404 e. The fraction of sp³-hybridized carbons (Fsp3) is 0.185. The fourth-order valence-corrected chi connectivity index (χ4v) is 2.89. The van der Waals surface area contributed by atoms with Crippen molar-refractivity contribution in [3.05, 3.63) is 99.6 Å². The summed E-state index contributed by atoms with van der Waals surface area (Å²) in [6, 6.07) is 18.0. The van der Waals surface area contributed by atoms with Crippen LogP contribution in [0.15, 0.2) is 60.7 Å². The van der Waals surface area contributed by atoms with E-state index in [2.05, 4.69) is 28.4 Å². The summed E-state index contributed by atoms with van der Waals surface area (Å²) < 4.78 is 43.4. The zero-order valence-electron chi connectivity index (χ0n) is 17.5. The minimum atomic E-state index is -4.82. The lowest BCUT2D eigenvalue weighted by atomic mass is 10.0. The molecule has 0 N–H and O–H groups in total. The van der Waals surface area contributed by atoms with Crippen LogP contribution in [0.3, 0.4) is 0 Å². The van der Waals surface area contributed by atoms with Gasteiger partial charge in [-0.3, -0.25) is 0 Å². The van der Waals surface area contributed by atoms with Crippen molar-refractivity contribution in [2.75, 3.05) is 0 Å². The summed E-state index contributed by atoms with van der Waals surface area (Å²) in [4.78, 5) is 0. The first kappa shape index (κ1) is 22.1. The summed E-state index contributed by atoms with van der Waals surface area (Å²) in [6.45, 7) is 5.85. The second-order valence-electron chi connectivity index (χ2n) is 7.14. The molecule has 0 radical (unpaired) electrons. The Morgan fingerprint density at radius 2 is 1.19 bits per heavy atom. The molecule has 0 aliphatic heterocycles. The molecule has 0 unspecified atom stereocenters. The summed E-state index contributed by atoms with van der Waals surface area (Å²) in [6.07, 6.45) is -4.22. The third-order valence-electron chi connectivity index (χ3n) is 4.60. The van der Waals surface area contributed by atoms with E-state index in [4.69, 9.17) is 0 Å². The average Bonchev–Trinajstić information content (AvgIpc) is 2.72. The number of halogens is 3. The minimum Gasteiger partial charge on any atom is -0.404 e. The van der Waals surface area contributed by atoms with E-state index in [-0.39, 0.29) is 11.3 Å². The summed E-state index contributed by atoms with van der Waals surface area (Å²) >= 11 is 0. The van der Waals surface area contributed by atoms with Crippen molar-refractivity contribution >= 4 is 0 Å². The van der Waals surface area contributed by atoms with Crippen molar-refractivity contribution in [3.63, 3.8) is 0 Å². The van der Waals surface area contributed by atoms with E-state index in [9.17, 15) is 13.2 Å². The van der Waals surface area contributed by atoms with E-state index < -0.39 is 6.36 Å². The predicted octanol–water partition coefficient (Wildman–Crippen LogP) is 6.56. The van der Waals surface area contributed by atoms with Crippen molar-refractivity contribution < 1.29 is 17.9 Å².